The minimum atomic E-state index is 1.03. The van der Waals surface area contributed by atoms with Gasteiger partial charge in [0.2, 0.25) is 0 Å². The molecule has 0 radical (unpaired) electrons. The van der Waals surface area contributed by atoms with Crippen molar-refractivity contribution in [3.63, 3.8) is 0 Å². The van der Waals surface area contributed by atoms with Crippen LogP contribution in [0, 0.1) is 0 Å². The molecule has 0 unspecified atom stereocenters. The third-order valence-electron chi connectivity index (χ3n) is 2.87. The van der Waals surface area contributed by atoms with Gasteiger partial charge in [0, 0.05) is 35.9 Å². The van der Waals surface area contributed by atoms with E-state index in [9.17, 15) is 0 Å². The summed E-state index contributed by atoms with van der Waals surface area (Å²) in [5.74, 6) is 0. The van der Waals surface area contributed by atoms with Gasteiger partial charge in [0.15, 0.2) is 0 Å². The average Bonchev–Trinajstić information content (AvgIpc) is 2.73. The first-order chi connectivity index (χ1) is 7.86. The number of benzene rings is 1. The van der Waals surface area contributed by atoms with Crippen molar-refractivity contribution in [3.05, 3.63) is 54.9 Å². The summed E-state index contributed by atoms with van der Waals surface area (Å²) in [7, 11) is 2.06. The lowest BCUT2D eigenvalue weighted by atomic mass is 10.1. The summed E-state index contributed by atoms with van der Waals surface area (Å²) in [5, 5.41) is 1.25. The molecule has 0 N–H and O–H groups in total. The zero-order valence-corrected chi connectivity index (χ0v) is 9.09. The van der Waals surface area contributed by atoms with Gasteiger partial charge in [-0.15, -0.1) is 0 Å². The monoisotopic (exact) mass is 208 g/mol. The molecule has 2 aromatic heterocycles. The summed E-state index contributed by atoms with van der Waals surface area (Å²) in [4.78, 5) is 4.40. The van der Waals surface area contributed by atoms with E-state index in [1.807, 2.05) is 24.4 Å². The third-order valence-corrected chi connectivity index (χ3v) is 2.87. The van der Waals surface area contributed by atoms with E-state index in [0.717, 1.165) is 5.69 Å². The largest absolute Gasteiger partial charge is 0.351 e. The van der Waals surface area contributed by atoms with Gasteiger partial charge in [0.1, 0.15) is 0 Å². The van der Waals surface area contributed by atoms with Crippen LogP contribution in [0.3, 0.4) is 0 Å². The van der Waals surface area contributed by atoms with Crippen molar-refractivity contribution in [2.75, 3.05) is 0 Å². The molecule has 0 spiro atoms. The molecule has 2 nitrogen and oxygen atoms in total. The van der Waals surface area contributed by atoms with E-state index in [0.29, 0.717) is 0 Å². The molecule has 2 heterocycles. The number of hydrogen-bond acceptors (Lipinski definition) is 1. The fourth-order valence-electron chi connectivity index (χ4n) is 2.05. The predicted molar refractivity (Wildman–Crippen MR) is 66.2 cm³/mol. The number of aryl methyl sites for hydroxylation is 1. The topological polar surface area (TPSA) is 17.8 Å². The Balaban J connectivity index is 2.32. The summed E-state index contributed by atoms with van der Waals surface area (Å²) in [6.45, 7) is 0. The van der Waals surface area contributed by atoms with Crippen LogP contribution in [0.4, 0.5) is 0 Å². The van der Waals surface area contributed by atoms with Crippen molar-refractivity contribution < 1.29 is 0 Å². The number of nitrogens with zero attached hydrogens (tertiary/aromatic N) is 2. The Morgan fingerprint density at radius 3 is 2.75 bits per heavy atom. The molecule has 3 aromatic rings. The minimum absolute atomic E-state index is 1.03. The maximum atomic E-state index is 4.40. The van der Waals surface area contributed by atoms with E-state index in [1.54, 1.807) is 0 Å². The van der Waals surface area contributed by atoms with Gasteiger partial charge in [-0.2, -0.15) is 0 Å². The molecule has 78 valence electrons. The number of fused-ring (bicyclic) bond motifs is 1. The Bertz CT molecular complexity index is 624. The van der Waals surface area contributed by atoms with Crippen LogP contribution < -0.4 is 0 Å². The zero-order valence-electron chi connectivity index (χ0n) is 9.09. The van der Waals surface area contributed by atoms with Gasteiger partial charge < -0.3 is 4.57 Å². The highest BCUT2D eigenvalue weighted by Crippen LogP contribution is 2.27. The van der Waals surface area contributed by atoms with Crippen molar-refractivity contribution in [3.8, 4) is 11.3 Å². The molecular weight excluding hydrogens is 196 g/mol. The van der Waals surface area contributed by atoms with Crippen molar-refractivity contribution in [2.24, 2.45) is 7.05 Å². The van der Waals surface area contributed by atoms with E-state index in [2.05, 4.69) is 47.1 Å². The zero-order chi connectivity index (χ0) is 11.0. The second kappa shape index (κ2) is 3.49. The summed E-state index contributed by atoms with van der Waals surface area (Å²) in [6.07, 6.45) is 3.91. The lowest BCUT2D eigenvalue weighted by Gasteiger charge is -2.03. The number of hydrogen-bond donors (Lipinski definition) is 0. The second-order valence-electron chi connectivity index (χ2n) is 3.88. The van der Waals surface area contributed by atoms with Crippen LogP contribution in [-0.2, 0) is 7.05 Å². The molecule has 2 heteroatoms. The molecule has 3 rings (SSSR count). The quantitative estimate of drug-likeness (QED) is 0.600. The second-order valence-corrected chi connectivity index (χ2v) is 3.88. The van der Waals surface area contributed by atoms with Gasteiger partial charge in [-0.3, -0.25) is 4.98 Å². The van der Waals surface area contributed by atoms with E-state index < -0.39 is 0 Å². The predicted octanol–water partition coefficient (Wildman–Crippen LogP) is 3.24. The van der Waals surface area contributed by atoms with E-state index in [1.165, 1.54) is 16.5 Å². The first kappa shape index (κ1) is 9.16. The van der Waals surface area contributed by atoms with E-state index in [4.69, 9.17) is 0 Å². The normalized spacial score (nSPS) is 10.8. The molecule has 0 aliphatic heterocycles. The summed E-state index contributed by atoms with van der Waals surface area (Å²) in [5.41, 5.74) is 3.46. The smallest absolute Gasteiger partial charge is 0.0708 e. The minimum Gasteiger partial charge on any atom is -0.351 e. The molecule has 0 aliphatic carbocycles. The summed E-state index contributed by atoms with van der Waals surface area (Å²) < 4.78 is 2.13. The van der Waals surface area contributed by atoms with E-state index >= 15 is 0 Å². The molecular formula is C14H12N2. The van der Waals surface area contributed by atoms with Gasteiger partial charge >= 0.3 is 0 Å². The lowest BCUT2D eigenvalue weighted by Crippen LogP contribution is -1.86. The first-order valence-electron chi connectivity index (χ1n) is 5.32. The fourth-order valence-corrected chi connectivity index (χ4v) is 2.05. The molecule has 0 amide bonds. The van der Waals surface area contributed by atoms with E-state index in [-0.39, 0.29) is 0 Å². The number of rotatable bonds is 1. The van der Waals surface area contributed by atoms with Crippen LogP contribution in [0.25, 0.3) is 22.2 Å². The maximum Gasteiger partial charge on any atom is 0.0708 e. The van der Waals surface area contributed by atoms with Crippen molar-refractivity contribution >= 4 is 10.9 Å². The summed E-state index contributed by atoms with van der Waals surface area (Å²) in [6, 6.07) is 14.5. The Hall–Kier alpha value is -2.09. The van der Waals surface area contributed by atoms with Crippen LogP contribution in [-0.4, -0.2) is 9.55 Å². The Morgan fingerprint density at radius 2 is 1.94 bits per heavy atom. The van der Waals surface area contributed by atoms with Crippen molar-refractivity contribution in [1.29, 1.82) is 0 Å². The van der Waals surface area contributed by atoms with Crippen LogP contribution in [0.5, 0.6) is 0 Å². The standard InChI is InChI=1S/C14H12N2/c1-16-10-8-12-11(5-4-7-14(12)16)13-6-2-3-9-15-13/h2-10H,1H3. The molecule has 0 atom stereocenters. The fraction of sp³-hybridized carbons (Fsp3) is 0.0714. The SMILES string of the molecule is Cn1ccc2c(-c3ccccn3)cccc21. The average molecular weight is 208 g/mol. The highest BCUT2D eigenvalue weighted by molar-refractivity contribution is 5.94. The molecule has 0 saturated heterocycles. The van der Waals surface area contributed by atoms with Crippen LogP contribution in [0.1, 0.15) is 0 Å². The van der Waals surface area contributed by atoms with Gasteiger partial charge in [-0.05, 0) is 24.3 Å². The van der Waals surface area contributed by atoms with Crippen LogP contribution in [0.2, 0.25) is 0 Å². The van der Waals surface area contributed by atoms with Crippen LogP contribution >= 0.6 is 0 Å². The molecule has 16 heavy (non-hydrogen) atoms. The molecule has 0 fully saturated rings. The molecule has 0 bridgehead atoms. The highest BCUT2D eigenvalue weighted by Gasteiger charge is 2.05. The molecule has 0 saturated carbocycles. The lowest BCUT2D eigenvalue weighted by molar-refractivity contribution is 0.969. The highest BCUT2D eigenvalue weighted by atomic mass is 14.9. The Morgan fingerprint density at radius 1 is 1.00 bits per heavy atom. The maximum absolute atomic E-state index is 4.40. The van der Waals surface area contributed by atoms with Gasteiger partial charge in [-0.1, -0.05) is 18.2 Å². The first-order valence-corrected chi connectivity index (χ1v) is 5.32. The molecule has 0 aliphatic rings. The van der Waals surface area contributed by atoms with Gasteiger partial charge in [0.05, 0.1) is 5.69 Å². The number of aromatic nitrogens is 2. The third kappa shape index (κ3) is 1.31. The number of pyridine rings is 1. The van der Waals surface area contributed by atoms with Gasteiger partial charge in [-0.25, -0.2) is 0 Å². The van der Waals surface area contributed by atoms with Crippen LogP contribution in [0.15, 0.2) is 54.9 Å². The molecule has 1 aromatic carbocycles. The Kier molecular flexibility index (Phi) is 2.00. The summed E-state index contributed by atoms with van der Waals surface area (Å²) >= 11 is 0. The van der Waals surface area contributed by atoms with Gasteiger partial charge in [0.25, 0.3) is 0 Å². The van der Waals surface area contributed by atoms with Crippen molar-refractivity contribution in [2.45, 2.75) is 0 Å². The Labute approximate surface area is 94.2 Å². The van der Waals surface area contributed by atoms with Crippen molar-refractivity contribution in [1.82, 2.24) is 9.55 Å².